The predicted molar refractivity (Wildman–Crippen MR) is 71.0 cm³/mol. The molecule has 1 N–H and O–H groups in total. The molecular formula is C12H10N2OS2. The number of amides is 1. The van der Waals surface area contributed by atoms with Crippen molar-refractivity contribution in [2.75, 3.05) is 6.54 Å². The Kier molecular flexibility index (Phi) is 3.91. The lowest BCUT2D eigenvalue weighted by Gasteiger charge is -1.97. The van der Waals surface area contributed by atoms with Crippen LogP contribution < -0.4 is 5.32 Å². The van der Waals surface area contributed by atoms with E-state index in [-0.39, 0.29) is 18.9 Å². The Bertz CT molecular complexity index is 537. The van der Waals surface area contributed by atoms with E-state index in [1.165, 1.54) is 0 Å². The van der Waals surface area contributed by atoms with Crippen LogP contribution in [-0.2, 0) is 11.2 Å². The van der Waals surface area contributed by atoms with Crippen LogP contribution in [0.4, 0.5) is 0 Å². The molecule has 0 spiro atoms. The van der Waals surface area contributed by atoms with E-state index in [2.05, 4.69) is 16.2 Å². The third-order valence-electron chi connectivity index (χ3n) is 2.05. The zero-order valence-corrected chi connectivity index (χ0v) is 10.6. The first-order chi connectivity index (χ1) is 8.29. The van der Waals surface area contributed by atoms with E-state index in [1.807, 2.05) is 22.2 Å². The standard InChI is InChI=1S/C12H10N2OS2/c1-2-4-13-11(15)6-10-8-17-12(14-10)9-3-5-16-7-9/h1,3,5,7-8H,4,6H2,(H,13,15). The number of thiophene rings is 1. The van der Waals surface area contributed by atoms with Crippen LogP contribution in [0, 0.1) is 12.3 Å². The maximum atomic E-state index is 11.4. The first-order valence-electron chi connectivity index (χ1n) is 4.96. The van der Waals surface area contributed by atoms with Crippen LogP contribution >= 0.6 is 22.7 Å². The third kappa shape index (κ3) is 3.16. The number of terminal acetylenes is 1. The molecule has 3 nitrogen and oxygen atoms in total. The van der Waals surface area contributed by atoms with Crippen LogP contribution in [0.1, 0.15) is 5.69 Å². The maximum Gasteiger partial charge on any atom is 0.226 e. The summed E-state index contributed by atoms with van der Waals surface area (Å²) in [5.74, 6) is 2.27. The highest BCUT2D eigenvalue weighted by molar-refractivity contribution is 7.14. The van der Waals surface area contributed by atoms with Gasteiger partial charge >= 0.3 is 0 Å². The van der Waals surface area contributed by atoms with Gasteiger partial charge in [-0.1, -0.05) is 5.92 Å². The minimum Gasteiger partial charge on any atom is -0.345 e. The van der Waals surface area contributed by atoms with Crippen molar-refractivity contribution >= 4 is 28.6 Å². The fraction of sp³-hybridized carbons (Fsp3) is 0.167. The van der Waals surface area contributed by atoms with E-state index in [1.54, 1.807) is 22.7 Å². The first kappa shape index (κ1) is 11.8. The van der Waals surface area contributed by atoms with E-state index in [4.69, 9.17) is 6.42 Å². The van der Waals surface area contributed by atoms with Gasteiger partial charge in [-0.05, 0) is 11.4 Å². The monoisotopic (exact) mass is 262 g/mol. The molecule has 0 aliphatic rings. The molecular weight excluding hydrogens is 252 g/mol. The lowest BCUT2D eigenvalue weighted by Crippen LogP contribution is -2.25. The van der Waals surface area contributed by atoms with Gasteiger partial charge in [0.15, 0.2) is 0 Å². The van der Waals surface area contributed by atoms with Gasteiger partial charge in [0.2, 0.25) is 5.91 Å². The summed E-state index contributed by atoms with van der Waals surface area (Å²) in [6.45, 7) is 0.264. The number of carbonyl (C=O) groups is 1. The highest BCUT2D eigenvalue weighted by Crippen LogP contribution is 2.25. The lowest BCUT2D eigenvalue weighted by molar-refractivity contribution is -0.120. The van der Waals surface area contributed by atoms with Crippen molar-refractivity contribution in [2.45, 2.75) is 6.42 Å². The van der Waals surface area contributed by atoms with Crippen molar-refractivity contribution in [3.63, 3.8) is 0 Å². The number of carbonyl (C=O) groups excluding carboxylic acids is 1. The second kappa shape index (κ2) is 5.62. The zero-order chi connectivity index (χ0) is 12.1. The van der Waals surface area contributed by atoms with Crippen LogP contribution in [0.3, 0.4) is 0 Å². The summed E-state index contributed by atoms with van der Waals surface area (Å²) in [6, 6.07) is 2.02. The van der Waals surface area contributed by atoms with E-state index >= 15 is 0 Å². The molecule has 5 heteroatoms. The molecule has 2 aromatic heterocycles. The number of nitrogens with one attached hydrogen (secondary N) is 1. The zero-order valence-electron chi connectivity index (χ0n) is 8.97. The quantitative estimate of drug-likeness (QED) is 0.858. The fourth-order valence-corrected chi connectivity index (χ4v) is 2.82. The molecule has 0 aromatic carbocycles. The Morgan fingerprint density at radius 1 is 1.53 bits per heavy atom. The molecule has 86 valence electrons. The summed E-state index contributed by atoms with van der Waals surface area (Å²) in [5, 5.41) is 9.52. The average molecular weight is 262 g/mol. The summed E-state index contributed by atoms with van der Waals surface area (Å²) in [4.78, 5) is 15.8. The van der Waals surface area contributed by atoms with Gasteiger partial charge in [0.05, 0.1) is 18.7 Å². The van der Waals surface area contributed by atoms with E-state index in [9.17, 15) is 4.79 Å². The van der Waals surface area contributed by atoms with Crippen LogP contribution in [0.2, 0.25) is 0 Å². The molecule has 2 aromatic rings. The van der Waals surface area contributed by atoms with Crippen molar-refractivity contribution in [1.82, 2.24) is 10.3 Å². The molecule has 0 radical (unpaired) electrons. The third-order valence-corrected chi connectivity index (χ3v) is 3.67. The minimum absolute atomic E-state index is 0.0925. The van der Waals surface area contributed by atoms with Crippen LogP contribution in [0.5, 0.6) is 0 Å². The smallest absolute Gasteiger partial charge is 0.226 e. The van der Waals surface area contributed by atoms with Gasteiger partial charge in [-0.25, -0.2) is 4.98 Å². The Labute approximate surface area is 108 Å². The fourth-order valence-electron chi connectivity index (χ4n) is 1.28. The molecule has 17 heavy (non-hydrogen) atoms. The molecule has 2 heterocycles. The molecule has 1 amide bonds. The molecule has 2 rings (SSSR count). The van der Waals surface area contributed by atoms with Crippen LogP contribution in [0.25, 0.3) is 10.6 Å². The number of aromatic nitrogens is 1. The summed E-state index contributed by atoms with van der Waals surface area (Å²) in [6.07, 6.45) is 5.34. The van der Waals surface area contributed by atoms with Crippen molar-refractivity contribution in [3.05, 3.63) is 27.9 Å². The normalized spacial score (nSPS) is 9.82. The van der Waals surface area contributed by atoms with E-state index in [0.29, 0.717) is 0 Å². The van der Waals surface area contributed by atoms with Gasteiger partial charge in [-0.2, -0.15) is 11.3 Å². The van der Waals surface area contributed by atoms with Gasteiger partial charge in [0.1, 0.15) is 5.01 Å². The summed E-state index contributed by atoms with van der Waals surface area (Å²) in [5.41, 5.74) is 1.89. The molecule has 0 atom stereocenters. The molecule has 0 aliphatic heterocycles. The molecule has 0 saturated carbocycles. The highest BCUT2D eigenvalue weighted by Gasteiger charge is 2.08. The summed E-state index contributed by atoms with van der Waals surface area (Å²) < 4.78 is 0. The van der Waals surface area contributed by atoms with Gasteiger partial charge in [-0.3, -0.25) is 4.79 Å². The second-order valence-electron chi connectivity index (χ2n) is 3.31. The van der Waals surface area contributed by atoms with E-state index < -0.39 is 0 Å². The van der Waals surface area contributed by atoms with Gasteiger partial charge < -0.3 is 5.32 Å². The number of hydrogen-bond acceptors (Lipinski definition) is 4. The summed E-state index contributed by atoms with van der Waals surface area (Å²) >= 11 is 3.18. The molecule has 0 saturated heterocycles. The SMILES string of the molecule is C#CCNC(=O)Cc1csc(-c2ccsc2)n1. The number of hydrogen-bond donors (Lipinski definition) is 1. The number of rotatable bonds is 4. The molecule has 0 unspecified atom stereocenters. The minimum atomic E-state index is -0.0925. The van der Waals surface area contributed by atoms with Gasteiger partial charge in [-0.15, -0.1) is 17.8 Å². The Morgan fingerprint density at radius 2 is 2.41 bits per heavy atom. The summed E-state index contributed by atoms with van der Waals surface area (Å²) in [7, 11) is 0. The van der Waals surface area contributed by atoms with Crippen LogP contribution in [0.15, 0.2) is 22.2 Å². The van der Waals surface area contributed by atoms with Gasteiger partial charge in [0, 0.05) is 16.3 Å². The van der Waals surface area contributed by atoms with Crippen molar-refractivity contribution in [3.8, 4) is 22.9 Å². The highest BCUT2D eigenvalue weighted by atomic mass is 32.1. The van der Waals surface area contributed by atoms with Crippen molar-refractivity contribution < 1.29 is 4.79 Å². The Balaban J connectivity index is 2.00. The first-order valence-corrected chi connectivity index (χ1v) is 6.79. The predicted octanol–water partition coefficient (Wildman–Crippen LogP) is 2.16. The van der Waals surface area contributed by atoms with Crippen LogP contribution in [-0.4, -0.2) is 17.4 Å². The Hall–Kier alpha value is -1.64. The second-order valence-corrected chi connectivity index (χ2v) is 4.95. The molecule has 0 fully saturated rings. The Morgan fingerprint density at radius 3 is 3.12 bits per heavy atom. The van der Waals surface area contributed by atoms with Crippen molar-refractivity contribution in [1.29, 1.82) is 0 Å². The van der Waals surface area contributed by atoms with Gasteiger partial charge in [0.25, 0.3) is 0 Å². The number of nitrogens with zero attached hydrogens (tertiary/aromatic N) is 1. The topological polar surface area (TPSA) is 42.0 Å². The number of thiazole rings is 1. The molecule has 0 bridgehead atoms. The molecule has 0 aliphatic carbocycles. The maximum absolute atomic E-state index is 11.4. The lowest BCUT2D eigenvalue weighted by atomic mass is 10.3. The van der Waals surface area contributed by atoms with Crippen molar-refractivity contribution in [2.24, 2.45) is 0 Å². The van der Waals surface area contributed by atoms with E-state index in [0.717, 1.165) is 16.3 Å². The largest absolute Gasteiger partial charge is 0.345 e. The average Bonchev–Trinajstić information content (AvgIpc) is 2.95.